The lowest BCUT2D eigenvalue weighted by atomic mass is 10.0. The highest BCUT2D eigenvalue weighted by Crippen LogP contribution is 2.19. The molecular weight excluding hydrogens is 218 g/mol. The number of ketones is 1. The fourth-order valence-corrected chi connectivity index (χ4v) is 2.25. The van der Waals surface area contributed by atoms with Crippen LogP contribution in [0.1, 0.15) is 18.4 Å². The van der Waals surface area contributed by atoms with E-state index >= 15 is 0 Å². The number of carbonyl (C=O) groups is 2. The molecule has 1 aromatic rings. The predicted molar refractivity (Wildman–Crippen MR) is 62.9 cm³/mol. The van der Waals surface area contributed by atoms with Gasteiger partial charge in [0.2, 0.25) is 0 Å². The van der Waals surface area contributed by atoms with Crippen LogP contribution in [0.15, 0.2) is 30.3 Å². The number of nitrogens with zero attached hydrogens (tertiary/aromatic N) is 1. The summed E-state index contributed by atoms with van der Waals surface area (Å²) < 4.78 is 0. The highest BCUT2D eigenvalue weighted by molar-refractivity contribution is 5.89. The molecule has 2 rings (SSSR count). The SMILES string of the molecule is O=C(Cc1ccccc1)[C@H]1CCCN1C(=O)O. The Labute approximate surface area is 99.9 Å². The molecule has 1 aliphatic rings. The first-order valence-corrected chi connectivity index (χ1v) is 5.74. The van der Waals surface area contributed by atoms with Crippen LogP contribution in [0.5, 0.6) is 0 Å². The Kier molecular flexibility index (Phi) is 3.42. The maximum absolute atomic E-state index is 12.0. The molecule has 0 bridgehead atoms. The Morgan fingerprint density at radius 3 is 2.65 bits per heavy atom. The molecule has 1 heterocycles. The molecule has 90 valence electrons. The normalized spacial score (nSPS) is 19.3. The van der Waals surface area contributed by atoms with Crippen LogP contribution in [-0.2, 0) is 11.2 Å². The van der Waals surface area contributed by atoms with Crippen molar-refractivity contribution in [3.63, 3.8) is 0 Å². The smallest absolute Gasteiger partial charge is 0.407 e. The second-order valence-corrected chi connectivity index (χ2v) is 4.26. The third kappa shape index (κ3) is 2.64. The van der Waals surface area contributed by atoms with Crippen molar-refractivity contribution in [1.82, 2.24) is 4.90 Å². The number of likely N-dealkylation sites (tertiary alicyclic amines) is 1. The maximum atomic E-state index is 12.0. The average molecular weight is 233 g/mol. The summed E-state index contributed by atoms with van der Waals surface area (Å²) in [6.07, 6.45) is 0.749. The van der Waals surface area contributed by atoms with Crippen molar-refractivity contribution < 1.29 is 14.7 Å². The van der Waals surface area contributed by atoms with Gasteiger partial charge < -0.3 is 5.11 Å². The van der Waals surface area contributed by atoms with Crippen molar-refractivity contribution in [2.45, 2.75) is 25.3 Å². The summed E-state index contributed by atoms with van der Waals surface area (Å²) in [4.78, 5) is 24.2. The lowest BCUT2D eigenvalue weighted by molar-refractivity contribution is -0.122. The van der Waals surface area contributed by atoms with Gasteiger partial charge in [0.1, 0.15) is 0 Å². The van der Waals surface area contributed by atoms with Gasteiger partial charge >= 0.3 is 6.09 Å². The van der Waals surface area contributed by atoms with Gasteiger partial charge in [-0.2, -0.15) is 0 Å². The summed E-state index contributed by atoms with van der Waals surface area (Å²) in [5, 5.41) is 8.97. The first-order chi connectivity index (χ1) is 8.18. The zero-order valence-corrected chi connectivity index (χ0v) is 9.50. The van der Waals surface area contributed by atoms with Gasteiger partial charge in [-0.15, -0.1) is 0 Å². The zero-order chi connectivity index (χ0) is 12.3. The Morgan fingerprint density at radius 1 is 1.29 bits per heavy atom. The summed E-state index contributed by atoms with van der Waals surface area (Å²) in [5.41, 5.74) is 0.940. The summed E-state index contributed by atoms with van der Waals surface area (Å²) in [7, 11) is 0. The Morgan fingerprint density at radius 2 is 2.00 bits per heavy atom. The molecular formula is C13H15NO3. The monoisotopic (exact) mass is 233 g/mol. The van der Waals surface area contributed by atoms with Crippen LogP contribution >= 0.6 is 0 Å². The molecule has 1 amide bonds. The lowest BCUT2D eigenvalue weighted by Gasteiger charge is -2.20. The third-order valence-corrected chi connectivity index (χ3v) is 3.09. The molecule has 1 N–H and O–H groups in total. The first kappa shape index (κ1) is 11.6. The fraction of sp³-hybridized carbons (Fsp3) is 0.385. The number of carboxylic acid groups (broad SMARTS) is 1. The number of carbonyl (C=O) groups excluding carboxylic acids is 1. The summed E-state index contributed by atoms with van der Waals surface area (Å²) >= 11 is 0. The maximum Gasteiger partial charge on any atom is 0.407 e. The van der Waals surface area contributed by atoms with Crippen molar-refractivity contribution in [2.24, 2.45) is 0 Å². The highest BCUT2D eigenvalue weighted by atomic mass is 16.4. The van der Waals surface area contributed by atoms with Crippen LogP contribution in [0.4, 0.5) is 4.79 Å². The van der Waals surface area contributed by atoms with E-state index in [0.717, 1.165) is 12.0 Å². The molecule has 0 unspecified atom stereocenters. The van der Waals surface area contributed by atoms with E-state index in [2.05, 4.69) is 0 Å². The molecule has 1 aromatic carbocycles. The minimum absolute atomic E-state index is 0.00361. The standard InChI is InChI=1S/C13H15NO3/c15-12(9-10-5-2-1-3-6-10)11-7-4-8-14(11)13(16)17/h1-3,5-6,11H,4,7-9H2,(H,16,17)/t11-/m1/s1. The van der Waals surface area contributed by atoms with Crippen LogP contribution < -0.4 is 0 Å². The fourth-order valence-electron chi connectivity index (χ4n) is 2.25. The molecule has 0 aromatic heterocycles. The van der Waals surface area contributed by atoms with Crippen molar-refractivity contribution in [2.75, 3.05) is 6.54 Å². The van der Waals surface area contributed by atoms with E-state index in [1.54, 1.807) is 0 Å². The van der Waals surface area contributed by atoms with Gasteiger partial charge in [-0.05, 0) is 18.4 Å². The minimum Gasteiger partial charge on any atom is -0.465 e. The van der Waals surface area contributed by atoms with Crippen LogP contribution in [0.3, 0.4) is 0 Å². The first-order valence-electron chi connectivity index (χ1n) is 5.74. The summed E-state index contributed by atoms with van der Waals surface area (Å²) in [6, 6.07) is 8.98. The number of rotatable bonds is 3. The number of amides is 1. The molecule has 4 nitrogen and oxygen atoms in total. The second kappa shape index (κ2) is 4.99. The van der Waals surface area contributed by atoms with Gasteiger partial charge in [0.25, 0.3) is 0 Å². The van der Waals surface area contributed by atoms with Crippen LogP contribution in [0.25, 0.3) is 0 Å². The molecule has 0 aliphatic carbocycles. The molecule has 0 spiro atoms. The molecule has 0 radical (unpaired) electrons. The van der Waals surface area contributed by atoms with Crippen molar-refractivity contribution in [1.29, 1.82) is 0 Å². The van der Waals surface area contributed by atoms with Gasteiger partial charge in [-0.25, -0.2) is 4.79 Å². The molecule has 17 heavy (non-hydrogen) atoms. The molecule has 4 heteroatoms. The molecule has 1 saturated heterocycles. The van der Waals surface area contributed by atoms with Crippen molar-refractivity contribution in [3.8, 4) is 0 Å². The van der Waals surface area contributed by atoms with Gasteiger partial charge in [-0.3, -0.25) is 9.69 Å². The lowest BCUT2D eigenvalue weighted by Crippen LogP contribution is -2.40. The van der Waals surface area contributed by atoms with E-state index in [1.807, 2.05) is 30.3 Å². The number of Topliss-reactive ketones (excluding diaryl/α,β-unsaturated/α-hetero) is 1. The van der Waals surface area contributed by atoms with E-state index < -0.39 is 12.1 Å². The van der Waals surface area contributed by atoms with Gasteiger partial charge in [0, 0.05) is 13.0 Å². The molecule has 0 saturated carbocycles. The van der Waals surface area contributed by atoms with E-state index in [4.69, 9.17) is 5.11 Å². The molecule has 1 atom stereocenters. The Bertz CT molecular complexity index is 416. The predicted octanol–water partition coefficient (Wildman–Crippen LogP) is 1.94. The topological polar surface area (TPSA) is 57.6 Å². The Hall–Kier alpha value is -1.84. The van der Waals surface area contributed by atoms with Crippen molar-refractivity contribution in [3.05, 3.63) is 35.9 Å². The van der Waals surface area contributed by atoms with Crippen LogP contribution in [-0.4, -0.2) is 34.5 Å². The summed E-state index contributed by atoms with van der Waals surface area (Å²) in [5.74, 6) is -0.00361. The average Bonchev–Trinajstić information content (AvgIpc) is 2.79. The number of benzene rings is 1. The molecule has 1 aliphatic heterocycles. The number of hydrogen-bond acceptors (Lipinski definition) is 2. The molecule has 1 fully saturated rings. The quantitative estimate of drug-likeness (QED) is 0.868. The van der Waals surface area contributed by atoms with E-state index in [9.17, 15) is 9.59 Å². The van der Waals surface area contributed by atoms with Crippen LogP contribution in [0.2, 0.25) is 0 Å². The minimum atomic E-state index is -0.992. The van der Waals surface area contributed by atoms with Gasteiger partial charge in [-0.1, -0.05) is 30.3 Å². The van der Waals surface area contributed by atoms with E-state index in [0.29, 0.717) is 19.4 Å². The number of hydrogen-bond donors (Lipinski definition) is 1. The highest BCUT2D eigenvalue weighted by Gasteiger charge is 2.33. The van der Waals surface area contributed by atoms with E-state index in [-0.39, 0.29) is 5.78 Å². The van der Waals surface area contributed by atoms with Gasteiger partial charge in [0.05, 0.1) is 6.04 Å². The van der Waals surface area contributed by atoms with E-state index in [1.165, 1.54) is 4.90 Å². The van der Waals surface area contributed by atoms with Crippen LogP contribution in [0, 0.1) is 0 Å². The third-order valence-electron chi connectivity index (χ3n) is 3.09. The Balaban J connectivity index is 2.03. The largest absolute Gasteiger partial charge is 0.465 e. The van der Waals surface area contributed by atoms with Gasteiger partial charge in [0.15, 0.2) is 5.78 Å². The second-order valence-electron chi connectivity index (χ2n) is 4.26. The van der Waals surface area contributed by atoms with Crippen molar-refractivity contribution >= 4 is 11.9 Å². The zero-order valence-electron chi connectivity index (χ0n) is 9.50. The summed E-state index contributed by atoms with van der Waals surface area (Å²) in [6.45, 7) is 0.473.